The fourth-order valence-electron chi connectivity index (χ4n) is 2.98. The van der Waals surface area contributed by atoms with Crippen LogP contribution in [0.2, 0.25) is 0 Å². The first-order valence-corrected chi connectivity index (χ1v) is 10.1. The summed E-state index contributed by atoms with van der Waals surface area (Å²) < 4.78 is 0. The summed E-state index contributed by atoms with van der Waals surface area (Å²) in [4.78, 5) is 7.62. The maximum absolute atomic E-state index is 4.33. The molecule has 142 valence electrons. The summed E-state index contributed by atoms with van der Waals surface area (Å²) in [6.45, 7) is 4.34. The van der Waals surface area contributed by atoms with E-state index in [1.165, 1.54) is 63.5 Å². The molecule has 0 aliphatic carbocycles. The number of hydrogen-bond acceptors (Lipinski definition) is 3. The summed E-state index contributed by atoms with van der Waals surface area (Å²) >= 11 is 0. The highest BCUT2D eigenvalue weighted by molar-refractivity contribution is 5.72. The Hall–Kier alpha value is -2.17. The molecule has 2 heterocycles. The SMILES string of the molecule is CCCCCCCCCCCc1ncc(C)[nH]1.c1ccc2n[nH]nc2c1. The minimum Gasteiger partial charge on any atom is -0.346 e. The van der Waals surface area contributed by atoms with Gasteiger partial charge in [-0.2, -0.15) is 15.4 Å². The zero-order valence-corrected chi connectivity index (χ0v) is 16.3. The lowest BCUT2D eigenvalue weighted by atomic mass is 10.1. The van der Waals surface area contributed by atoms with Gasteiger partial charge in [0.2, 0.25) is 0 Å². The van der Waals surface area contributed by atoms with E-state index in [0.29, 0.717) is 0 Å². The maximum Gasteiger partial charge on any atom is 0.112 e. The molecular formula is C21H33N5. The molecule has 0 spiro atoms. The Morgan fingerprint density at radius 1 is 0.808 bits per heavy atom. The van der Waals surface area contributed by atoms with Crippen molar-refractivity contribution in [2.45, 2.75) is 78.1 Å². The third-order valence-electron chi connectivity index (χ3n) is 4.50. The van der Waals surface area contributed by atoms with Gasteiger partial charge in [0, 0.05) is 18.3 Å². The fourth-order valence-corrected chi connectivity index (χ4v) is 2.98. The van der Waals surface area contributed by atoms with Gasteiger partial charge in [0.1, 0.15) is 16.9 Å². The van der Waals surface area contributed by atoms with Crippen molar-refractivity contribution >= 4 is 11.0 Å². The lowest BCUT2D eigenvalue weighted by Crippen LogP contribution is -1.89. The average molecular weight is 356 g/mol. The van der Waals surface area contributed by atoms with Crippen molar-refractivity contribution < 1.29 is 0 Å². The normalized spacial score (nSPS) is 10.7. The fraction of sp³-hybridized carbons (Fsp3) is 0.571. The van der Waals surface area contributed by atoms with Crippen LogP contribution in [0.1, 0.15) is 76.2 Å². The van der Waals surface area contributed by atoms with E-state index in [0.717, 1.165) is 23.3 Å². The lowest BCUT2D eigenvalue weighted by molar-refractivity contribution is 0.562. The maximum atomic E-state index is 4.33. The van der Waals surface area contributed by atoms with E-state index in [-0.39, 0.29) is 0 Å². The van der Waals surface area contributed by atoms with Crippen LogP contribution in [-0.4, -0.2) is 25.4 Å². The van der Waals surface area contributed by atoms with E-state index in [2.05, 4.69) is 39.2 Å². The van der Waals surface area contributed by atoms with E-state index < -0.39 is 0 Å². The highest BCUT2D eigenvalue weighted by atomic mass is 15.3. The first kappa shape index (κ1) is 20.1. The van der Waals surface area contributed by atoms with Gasteiger partial charge >= 0.3 is 0 Å². The topological polar surface area (TPSA) is 70.2 Å². The molecule has 2 aromatic heterocycles. The molecule has 0 saturated carbocycles. The molecule has 0 aliphatic heterocycles. The minimum absolute atomic E-state index is 0.914. The second kappa shape index (κ2) is 12.2. The number of unbranched alkanes of at least 4 members (excludes halogenated alkanes) is 8. The molecule has 0 saturated heterocycles. The molecule has 0 fully saturated rings. The van der Waals surface area contributed by atoms with Crippen molar-refractivity contribution in [3.63, 3.8) is 0 Å². The second-order valence-electron chi connectivity index (χ2n) is 6.90. The third-order valence-corrected chi connectivity index (χ3v) is 4.50. The summed E-state index contributed by atoms with van der Waals surface area (Å²) in [5.41, 5.74) is 3.01. The molecule has 2 N–H and O–H groups in total. The molecule has 1 aromatic carbocycles. The van der Waals surface area contributed by atoms with E-state index >= 15 is 0 Å². The van der Waals surface area contributed by atoms with Crippen LogP contribution in [0.4, 0.5) is 0 Å². The minimum atomic E-state index is 0.914. The second-order valence-corrected chi connectivity index (χ2v) is 6.90. The Morgan fingerprint density at radius 3 is 1.92 bits per heavy atom. The highest BCUT2D eigenvalue weighted by Gasteiger charge is 1.97. The quantitative estimate of drug-likeness (QED) is 0.455. The van der Waals surface area contributed by atoms with Gasteiger partial charge in [-0.25, -0.2) is 4.98 Å². The van der Waals surface area contributed by atoms with Crippen molar-refractivity contribution in [3.8, 4) is 0 Å². The lowest BCUT2D eigenvalue weighted by Gasteiger charge is -2.01. The Kier molecular flexibility index (Phi) is 9.47. The summed E-state index contributed by atoms with van der Waals surface area (Å²) in [6, 6.07) is 7.70. The summed E-state index contributed by atoms with van der Waals surface area (Å²) in [7, 11) is 0. The predicted molar refractivity (Wildman–Crippen MR) is 108 cm³/mol. The van der Waals surface area contributed by atoms with Crippen LogP contribution >= 0.6 is 0 Å². The number of aryl methyl sites for hydroxylation is 2. The Labute approximate surface area is 157 Å². The number of para-hydroxylation sites is 2. The summed E-state index contributed by atoms with van der Waals surface area (Å²) in [6.07, 6.45) is 15.5. The van der Waals surface area contributed by atoms with Gasteiger partial charge in [0.05, 0.1) is 0 Å². The zero-order valence-electron chi connectivity index (χ0n) is 16.3. The van der Waals surface area contributed by atoms with E-state index in [1.807, 2.05) is 30.5 Å². The smallest absolute Gasteiger partial charge is 0.112 e. The summed E-state index contributed by atoms with van der Waals surface area (Å²) in [5.74, 6) is 1.16. The van der Waals surface area contributed by atoms with Gasteiger partial charge in [-0.15, -0.1) is 0 Å². The molecule has 0 bridgehead atoms. The Balaban J connectivity index is 0.000000223. The highest BCUT2D eigenvalue weighted by Crippen LogP contribution is 2.11. The number of H-pyrrole nitrogens is 2. The molecule has 5 nitrogen and oxygen atoms in total. The molecule has 0 unspecified atom stereocenters. The van der Waals surface area contributed by atoms with Gasteiger partial charge in [0.15, 0.2) is 0 Å². The van der Waals surface area contributed by atoms with Crippen LogP contribution < -0.4 is 0 Å². The van der Waals surface area contributed by atoms with Crippen molar-refractivity contribution in [1.82, 2.24) is 25.4 Å². The number of aromatic nitrogens is 5. The predicted octanol–water partition coefficient (Wildman–Crippen LogP) is 5.75. The summed E-state index contributed by atoms with van der Waals surface area (Å²) in [5, 5.41) is 10.3. The Morgan fingerprint density at radius 2 is 1.38 bits per heavy atom. The van der Waals surface area contributed by atoms with Crippen LogP contribution in [0, 0.1) is 6.92 Å². The van der Waals surface area contributed by atoms with Gasteiger partial charge in [-0.1, -0.05) is 70.4 Å². The number of imidazole rings is 1. The standard InChI is InChI=1S/C15H28N2.C6H5N3/c1-3-4-5-6-7-8-9-10-11-12-15-16-13-14(2)17-15;1-2-4-6-5(3-1)7-9-8-6/h13H,3-12H2,1-2H3,(H,16,17);1-4H,(H,7,8,9). The van der Waals surface area contributed by atoms with Crippen LogP contribution in [-0.2, 0) is 6.42 Å². The Bertz CT molecular complexity index is 686. The number of fused-ring (bicyclic) bond motifs is 1. The zero-order chi connectivity index (χ0) is 18.5. The van der Waals surface area contributed by atoms with Gasteiger partial charge in [-0.3, -0.25) is 0 Å². The molecule has 0 radical (unpaired) electrons. The van der Waals surface area contributed by atoms with Crippen molar-refractivity contribution in [3.05, 3.63) is 42.0 Å². The number of benzene rings is 1. The monoisotopic (exact) mass is 355 g/mol. The van der Waals surface area contributed by atoms with Crippen molar-refractivity contribution in [1.29, 1.82) is 0 Å². The molecule has 0 atom stereocenters. The molecule has 26 heavy (non-hydrogen) atoms. The third kappa shape index (κ3) is 7.81. The number of nitrogens with one attached hydrogen (secondary N) is 2. The van der Waals surface area contributed by atoms with Crippen LogP contribution in [0.15, 0.2) is 30.5 Å². The molecule has 0 aliphatic rings. The molecule has 0 amide bonds. The first-order chi connectivity index (χ1) is 12.8. The van der Waals surface area contributed by atoms with Gasteiger partial charge < -0.3 is 4.98 Å². The van der Waals surface area contributed by atoms with E-state index in [1.54, 1.807) is 0 Å². The number of nitrogens with zero attached hydrogens (tertiary/aromatic N) is 3. The average Bonchev–Trinajstić information content (AvgIpc) is 3.29. The molecule has 3 rings (SSSR count). The molecule has 5 heteroatoms. The molecule has 3 aromatic rings. The largest absolute Gasteiger partial charge is 0.346 e. The number of hydrogen-bond donors (Lipinski definition) is 2. The van der Waals surface area contributed by atoms with Crippen molar-refractivity contribution in [2.24, 2.45) is 0 Å². The number of rotatable bonds is 10. The first-order valence-electron chi connectivity index (χ1n) is 10.1. The number of aromatic amines is 2. The van der Waals surface area contributed by atoms with Gasteiger partial charge in [-0.05, 0) is 25.5 Å². The van der Waals surface area contributed by atoms with Crippen LogP contribution in [0.5, 0.6) is 0 Å². The van der Waals surface area contributed by atoms with Gasteiger partial charge in [0.25, 0.3) is 0 Å². The van der Waals surface area contributed by atoms with Crippen LogP contribution in [0.3, 0.4) is 0 Å². The van der Waals surface area contributed by atoms with Crippen LogP contribution in [0.25, 0.3) is 11.0 Å². The van der Waals surface area contributed by atoms with Crippen molar-refractivity contribution in [2.75, 3.05) is 0 Å². The van der Waals surface area contributed by atoms with E-state index in [4.69, 9.17) is 0 Å². The van der Waals surface area contributed by atoms with E-state index in [9.17, 15) is 0 Å². The molecular weight excluding hydrogens is 322 g/mol.